The molecule has 1 aliphatic carbocycles. The van der Waals surface area contributed by atoms with E-state index in [1.165, 1.54) is 24.0 Å². The molecule has 2 aromatic heterocycles. The second-order valence-corrected chi connectivity index (χ2v) is 12.5. The van der Waals surface area contributed by atoms with Gasteiger partial charge in [0.1, 0.15) is 11.5 Å². The fraction of sp³-hybridized carbons (Fsp3) is 0.375. The number of halogens is 5. The number of carbonyl (C=O) groups excluding carboxylic acids is 1. The number of nitrogens with two attached hydrogens (primary N) is 1. The maximum atomic E-state index is 16.1. The monoisotopic (exact) mass is 624 g/mol. The first-order valence-electron chi connectivity index (χ1n) is 14.6. The van der Waals surface area contributed by atoms with Crippen molar-refractivity contribution >= 4 is 11.6 Å². The van der Waals surface area contributed by atoms with E-state index in [0.29, 0.717) is 35.2 Å². The molecule has 2 bridgehead atoms. The number of piperidine rings is 2. The Hall–Kier alpha value is -4.23. The van der Waals surface area contributed by atoms with Crippen molar-refractivity contribution in [3.63, 3.8) is 0 Å². The summed E-state index contributed by atoms with van der Waals surface area (Å²) in [7, 11) is 0. The molecule has 3 N–H and O–H groups in total. The van der Waals surface area contributed by atoms with Crippen molar-refractivity contribution in [1.29, 1.82) is 0 Å². The zero-order valence-electron chi connectivity index (χ0n) is 24.2. The third-order valence-corrected chi connectivity index (χ3v) is 9.17. The van der Waals surface area contributed by atoms with E-state index < -0.39 is 35.2 Å². The van der Waals surface area contributed by atoms with Gasteiger partial charge in [-0.05, 0) is 62.1 Å². The van der Waals surface area contributed by atoms with Crippen LogP contribution in [0, 0.1) is 11.7 Å². The molecule has 8 nitrogen and oxygen atoms in total. The lowest BCUT2D eigenvalue weighted by Gasteiger charge is -2.50. The fourth-order valence-corrected chi connectivity index (χ4v) is 6.80. The van der Waals surface area contributed by atoms with Gasteiger partial charge in [0.25, 0.3) is 5.89 Å². The van der Waals surface area contributed by atoms with Crippen molar-refractivity contribution < 1.29 is 31.2 Å². The zero-order chi connectivity index (χ0) is 31.7. The Labute approximate surface area is 254 Å². The van der Waals surface area contributed by atoms with Crippen LogP contribution in [-0.2, 0) is 28.6 Å². The summed E-state index contributed by atoms with van der Waals surface area (Å²) < 4.78 is 76.5. The second-order valence-electron chi connectivity index (χ2n) is 12.5. The van der Waals surface area contributed by atoms with Crippen molar-refractivity contribution in [1.82, 2.24) is 20.5 Å². The molecule has 0 radical (unpaired) electrons. The van der Waals surface area contributed by atoms with E-state index in [-0.39, 0.29) is 41.1 Å². The smallest absolute Gasteiger partial charge is 0.417 e. The van der Waals surface area contributed by atoms with Crippen LogP contribution in [0.25, 0.3) is 22.7 Å². The standard InChI is InChI=1S/C32H29F5N6O2/c1-30(34)12-24(38)28(44)43(15-17-2-4-19(5-3-17)25-7-6-20(14-40-25)32(35,36)37)26-8-21(23(33)9-22(26)30)27-41-42-29(45-27)31-10-18(11-31)13-39-16-31/h2-9,14,18,24,39H,10-13,15-16,38H2,1H3. The quantitative estimate of drug-likeness (QED) is 0.276. The number of anilines is 1. The summed E-state index contributed by atoms with van der Waals surface area (Å²) in [6.45, 7) is 2.85. The van der Waals surface area contributed by atoms with Crippen LogP contribution in [0.1, 0.15) is 48.8 Å². The third kappa shape index (κ3) is 5.17. The van der Waals surface area contributed by atoms with E-state index in [0.717, 1.165) is 37.7 Å². The van der Waals surface area contributed by atoms with E-state index in [9.17, 15) is 18.0 Å². The van der Waals surface area contributed by atoms with Crippen LogP contribution < -0.4 is 16.0 Å². The largest absolute Gasteiger partial charge is 0.420 e. The van der Waals surface area contributed by atoms with Crippen LogP contribution in [0.5, 0.6) is 0 Å². The van der Waals surface area contributed by atoms with Gasteiger partial charge >= 0.3 is 6.18 Å². The van der Waals surface area contributed by atoms with E-state index >= 15 is 8.78 Å². The zero-order valence-corrected chi connectivity index (χ0v) is 24.2. The summed E-state index contributed by atoms with van der Waals surface area (Å²) >= 11 is 0. The Morgan fingerprint density at radius 1 is 1.09 bits per heavy atom. The van der Waals surface area contributed by atoms with Crippen LogP contribution in [-0.4, -0.2) is 40.2 Å². The number of rotatable bonds is 5. The Morgan fingerprint density at radius 2 is 1.84 bits per heavy atom. The Kier molecular flexibility index (Phi) is 6.82. The van der Waals surface area contributed by atoms with Gasteiger partial charge in [-0.2, -0.15) is 13.2 Å². The van der Waals surface area contributed by atoms with E-state index in [4.69, 9.17) is 10.2 Å². The number of fused-ring (bicyclic) bond motifs is 3. The van der Waals surface area contributed by atoms with Gasteiger partial charge in [0.15, 0.2) is 0 Å². The van der Waals surface area contributed by atoms with Crippen molar-refractivity contribution in [3.8, 4) is 22.7 Å². The van der Waals surface area contributed by atoms with E-state index in [1.807, 2.05) is 0 Å². The molecule has 5 heterocycles. The molecule has 3 fully saturated rings. The normalized spacial score (nSPS) is 26.3. The van der Waals surface area contributed by atoms with Gasteiger partial charge in [0, 0.05) is 30.3 Å². The number of carbonyl (C=O) groups is 1. The van der Waals surface area contributed by atoms with Gasteiger partial charge in [-0.15, -0.1) is 10.2 Å². The van der Waals surface area contributed by atoms with Crippen LogP contribution >= 0.6 is 0 Å². The summed E-state index contributed by atoms with van der Waals surface area (Å²) in [5.74, 6) is -0.436. The SMILES string of the molecule is CC1(F)CC(N)C(=O)N(Cc2ccc(-c3ccc(C(F)(F)F)cn3)cc2)c2cc(-c3nnc(C45CNCC(C4)C5)o3)c(F)cc21. The van der Waals surface area contributed by atoms with Crippen LogP contribution in [0.2, 0.25) is 0 Å². The van der Waals surface area contributed by atoms with Gasteiger partial charge in [0.05, 0.1) is 40.5 Å². The molecular weight excluding hydrogens is 595 g/mol. The lowest BCUT2D eigenvalue weighted by Crippen LogP contribution is -2.57. The van der Waals surface area contributed by atoms with Crippen LogP contribution in [0.4, 0.5) is 27.6 Å². The predicted octanol–water partition coefficient (Wildman–Crippen LogP) is 5.66. The van der Waals surface area contributed by atoms with Crippen molar-refractivity contribution in [2.24, 2.45) is 11.7 Å². The molecule has 8 rings (SSSR count). The number of amides is 1. The molecule has 0 spiro atoms. The average molecular weight is 625 g/mol. The molecule has 1 saturated carbocycles. The molecule has 234 valence electrons. The van der Waals surface area contributed by atoms with Crippen molar-refractivity contribution in [3.05, 3.63) is 83.1 Å². The Morgan fingerprint density at radius 3 is 2.49 bits per heavy atom. The number of aromatic nitrogens is 3. The first-order chi connectivity index (χ1) is 21.3. The van der Waals surface area contributed by atoms with Crippen LogP contribution in [0.15, 0.2) is 59.1 Å². The number of alkyl halides is 4. The minimum absolute atomic E-state index is 0.0349. The fourth-order valence-electron chi connectivity index (χ4n) is 6.80. The highest BCUT2D eigenvalue weighted by atomic mass is 19.4. The lowest BCUT2D eigenvalue weighted by molar-refractivity contribution is -0.137. The highest BCUT2D eigenvalue weighted by molar-refractivity contribution is 5.99. The van der Waals surface area contributed by atoms with Crippen molar-refractivity contribution in [2.75, 3.05) is 18.0 Å². The van der Waals surface area contributed by atoms with Gasteiger partial charge in [-0.1, -0.05) is 24.3 Å². The first-order valence-corrected chi connectivity index (χ1v) is 14.6. The average Bonchev–Trinajstić information content (AvgIpc) is 3.48. The minimum atomic E-state index is -4.50. The highest BCUT2D eigenvalue weighted by Crippen LogP contribution is 2.50. The number of nitrogens with one attached hydrogen (secondary N) is 1. The predicted molar refractivity (Wildman–Crippen MR) is 154 cm³/mol. The Bertz CT molecular complexity index is 1760. The number of pyridine rings is 1. The molecule has 4 aromatic rings. The molecule has 3 aliphatic heterocycles. The summed E-state index contributed by atoms with van der Waals surface area (Å²) in [6, 6.07) is 10.1. The molecule has 45 heavy (non-hydrogen) atoms. The first kappa shape index (κ1) is 29.5. The van der Waals surface area contributed by atoms with Gasteiger partial charge in [0.2, 0.25) is 11.8 Å². The summed E-state index contributed by atoms with van der Waals surface area (Å²) in [6.07, 6.45) is -2.27. The minimum Gasteiger partial charge on any atom is -0.420 e. The second kappa shape index (κ2) is 10.4. The third-order valence-electron chi connectivity index (χ3n) is 9.17. The maximum Gasteiger partial charge on any atom is 0.417 e. The van der Waals surface area contributed by atoms with Crippen LogP contribution in [0.3, 0.4) is 0 Å². The number of benzene rings is 2. The van der Waals surface area contributed by atoms with E-state index in [2.05, 4.69) is 20.5 Å². The molecule has 1 amide bonds. The van der Waals surface area contributed by atoms with Gasteiger partial charge in [-0.25, -0.2) is 8.78 Å². The summed E-state index contributed by atoms with van der Waals surface area (Å²) in [4.78, 5) is 18.8. The van der Waals surface area contributed by atoms with Gasteiger partial charge < -0.3 is 20.4 Å². The number of hydrogen-bond donors (Lipinski definition) is 2. The molecule has 2 saturated heterocycles. The van der Waals surface area contributed by atoms with Crippen molar-refractivity contribution in [2.45, 2.75) is 56.0 Å². The lowest BCUT2D eigenvalue weighted by atomic mass is 9.59. The van der Waals surface area contributed by atoms with Gasteiger partial charge in [-0.3, -0.25) is 9.78 Å². The maximum absolute atomic E-state index is 16.1. The van der Waals surface area contributed by atoms with E-state index in [1.54, 1.807) is 24.3 Å². The molecule has 4 aliphatic rings. The molecule has 13 heteroatoms. The topological polar surface area (TPSA) is 110 Å². The summed E-state index contributed by atoms with van der Waals surface area (Å²) in [5, 5.41) is 11.7. The summed E-state index contributed by atoms with van der Waals surface area (Å²) in [5.41, 5.74) is 4.44. The molecule has 2 atom stereocenters. The molecular formula is C32H29F5N6O2. The Balaban J connectivity index is 1.22. The molecule has 2 aromatic carbocycles. The number of nitrogens with zero attached hydrogens (tertiary/aromatic N) is 4. The highest BCUT2D eigenvalue weighted by Gasteiger charge is 2.52. The number of hydrogen-bond acceptors (Lipinski definition) is 7. The molecule has 2 unspecified atom stereocenters.